The fourth-order valence-corrected chi connectivity index (χ4v) is 1.37. The van der Waals surface area contributed by atoms with Gasteiger partial charge in [0.05, 0.1) is 6.61 Å². The zero-order valence-corrected chi connectivity index (χ0v) is 6.44. The number of carbonyl (C=O) groups is 1. The number of likely N-dealkylation sites (tertiary alicyclic amines) is 1. The Kier molecular flexibility index (Phi) is 3.11. The first-order chi connectivity index (χ1) is 5.38. The second-order valence-corrected chi connectivity index (χ2v) is 2.66. The third-order valence-corrected chi connectivity index (χ3v) is 1.94. The van der Waals surface area contributed by atoms with E-state index in [1.165, 1.54) is 0 Å². The maximum atomic E-state index is 10.4. The molecule has 1 N–H and O–H groups in total. The maximum Gasteiger partial charge on any atom is 0.210 e. The van der Waals surface area contributed by atoms with Crippen LogP contribution in [0.2, 0.25) is 0 Å². The first-order valence-corrected chi connectivity index (χ1v) is 3.87. The van der Waals surface area contributed by atoms with E-state index in [-0.39, 0.29) is 12.6 Å². The van der Waals surface area contributed by atoms with Crippen molar-refractivity contribution in [2.45, 2.75) is 18.9 Å². The molecule has 1 aliphatic rings. The Morgan fingerprint density at radius 2 is 2.45 bits per heavy atom. The Bertz CT molecular complexity index is 156. The highest BCUT2D eigenvalue weighted by molar-refractivity contribution is 5.49. The van der Waals surface area contributed by atoms with Gasteiger partial charge in [0, 0.05) is 12.6 Å². The molecule has 0 aliphatic carbocycles. The van der Waals surface area contributed by atoms with E-state index >= 15 is 0 Å². The standard InChI is InChI=1S/C8H13NO2/c10-6-2-4-8-3-1-5-9(8)7-11/h2,4,7-8,10H,1,3,5-6H2/b4-2+. The van der Waals surface area contributed by atoms with Crippen LogP contribution in [0.3, 0.4) is 0 Å². The average Bonchev–Trinajstić information content (AvgIpc) is 2.47. The van der Waals surface area contributed by atoms with Crippen molar-refractivity contribution in [2.75, 3.05) is 13.2 Å². The summed E-state index contributed by atoms with van der Waals surface area (Å²) in [6.07, 6.45) is 6.54. The van der Waals surface area contributed by atoms with Crippen molar-refractivity contribution in [3.05, 3.63) is 12.2 Å². The monoisotopic (exact) mass is 155 g/mol. The molecule has 0 aromatic carbocycles. The highest BCUT2D eigenvalue weighted by Gasteiger charge is 2.19. The van der Waals surface area contributed by atoms with Crippen molar-refractivity contribution in [1.29, 1.82) is 0 Å². The molecule has 1 saturated heterocycles. The Balaban J connectivity index is 2.43. The molecule has 1 aliphatic heterocycles. The normalized spacial score (nSPS) is 24.8. The molecule has 1 rings (SSSR count). The van der Waals surface area contributed by atoms with Gasteiger partial charge in [0.25, 0.3) is 0 Å². The highest BCUT2D eigenvalue weighted by atomic mass is 16.2. The molecule has 0 saturated carbocycles. The Hall–Kier alpha value is -0.830. The number of aliphatic hydroxyl groups is 1. The first kappa shape index (κ1) is 8.27. The van der Waals surface area contributed by atoms with Crippen molar-refractivity contribution in [2.24, 2.45) is 0 Å². The average molecular weight is 155 g/mol. The predicted octanol–water partition coefficient (Wildman–Crippen LogP) is 0.156. The molecule has 1 heterocycles. The number of hydrogen-bond acceptors (Lipinski definition) is 2. The number of carbonyl (C=O) groups excluding carboxylic acids is 1. The Morgan fingerprint density at radius 1 is 1.64 bits per heavy atom. The first-order valence-electron chi connectivity index (χ1n) is 3.87. The molecule has 0 spiro atoms. The van der Waals surface area contributed by atoms with Gasteiger partial charge < -0.3 is 10.0 Å². The minimum Gasteiger partial charge on any atom is -0.392 e. The fraction of sp³-hybridized carbons (Fsp3) is 0.625. The molecular weight excluding hydrogens is 142 g/mol. The van der Waals surface area contributed by atoms with Gasteiger partial charge in [-0.15, -0.1) is 0 Å². The summed E-state index contributed by atoms with van der Waals surface area (Å²) in [5, 5.41) is 8.49. The quantitative estimate of drug-likeness (QED) is 0.465. The van der Waals surface area contributed by atoms with Gasteiger partial charge in [0.2, 0.25) is 6.41 Å². The van der Waals surface area contributed by atoms with Crippen molar-refractivity contribution in [3.8, 4) is 0 Å². The lowest BCUT2D eigenvalue weighted by Crippen LogP contribution is -2.25. The lowest BCUT2D eigenvalue weighted by molar-refractivity contribution is -0.118. The van der Waals surface area contributed by atoms with Crippen LogP contribution in [0.4, 0.5) is 0 Å². The number of rotatable bonds is 3. The minimum absolute atomic E-state index is 0.0587. The summed E-state index contributed by atoms with van der Waals surface area (Å²) < 4.78 is 0. The maximum absolute atomic E-state index is 10.4. The van der Waals surface area contributed by atoms with E-state index in [1.54, 1.807) is 11.0 Å². The van der Waals surface area contributed by atoms with Gasteiger partial charge in [0.1, 0.15) is 0 Å². The molecule has 1 fully saturated rings. The van der Waals surface area contributed by atoms with E-state index < -0.39 is 0 Å². The molecule has 1 atom stereocenters. The summed E-state index contributed by atoms with van der Waals surface area (Å²) in [5.41, 5.74) is 0. The van der Waals surface area contributed by atoms with E-state index in [4.69, 9.17) is 5.11 Å². The van der Waals surface area contributed by atoms with E-state index in [0.29, 0.717) is 0 Å². The molecule has 3 nitrogen and oxygen atoms in total. The summed E-state index contributed by atoms with van der Waals surface area (Å²) in [4.78, 5) is 12.2. The third kappa shape index (κ3) is 2.05. The van der Waals surface area contributed by atoms with Crippen LogP contribution in [0, 0.1) is 0 Å². The van der Waals surface area contributed by atoms with E-state index in [2.05, 4.69) is 0 Å². The van der Waals surface area contributed by atoms with Crippen LogP contribution in [0.25, 0.3) is 0 Å². The second-order valence-electron chi connectivity index (χ2n) is 2.66. The van der Waals surface area contributed by atoms with Crippen molar-refractivity contribution >= 4 is 6.41 Å². The van der Waals surface area contributed by atoms with Gasteiger partial charge in [-0.1, -0.05) is 12.2 Å². The van der Waals surface area contributed by atoms with E-state index in [0.717, 1.165) is 25.8 Å². The molecule has 3 heteroatoms. The van der Waals surface area contributed by atoms with Crippen LogP contribution in [-0.4, -0.2) is 35.6 Å². The second kappa shape index (κ2) is 4.13. The van der Waals surface area contributed by atoms with Crippen molar-refractivity contribution in [1.82, 2.24) is 4.90 Å². The third-order valence-electron chi connectivity index (χ3n) is 1.94. The van der Waals surface area contributed by atoms with Crippen molar-refractivity contribution in [3.63, 3.8) is 0 Å². The fourth-order valence-electron chi connectivity index (χ4n) is 1.37. The molecule has 1 unspecified atom stereocenters. The number of amides is 1. The molecular formula is C8H13NO2. The SMILES string of the molecule is O=CN1CCCC1/C=C/CO. The van der Waals surface area contributed by atoms with Gasteiger partial charge in [0.15, 0.2) is 0 Å². The summed E-state index contributed by atoms with van der Waals surface area (Å²) in [6.45, 7) is 0.910. The van der Waals surface area contributed by atoms with Gasteiger partial charge in [-0.2, -0.15) is 0 Å². The molecule has 62 valence electrons. The summed E-state index contributed by atoms with van der Waals surface area (Å²) in [6, 6.07) is 0.222. The van der Waals surface area contributed by atoms with Gasteiger partial charge in [-0.3, -0.25) is 4.79 Å². The van der Waals surface area contributed by atoms with Crippen LogP contribution in [0.15, 0.2) is 12.2 Å². The lowest BCUT2D eigenvalue weighted by atomic mass is 10.2. The molecule has 0 radical (unpaired) electrons. The largest absolute Gasteiger partial charge is 0.392 e. The molecule has 0 aromatic rings. The summed E-state index contributed by atoms with van der Waals surface area (Å²) >= 11 is 0. The zero-order chi connectivity index (χ0) is 8.10. The van der Waals surface area contributed by atoms with Crippen LogP contribution in [-0.2, 0) is 4.79 Å². The molecule has 0 bridgehead atoms. The van der Waals surface area contributed by atoms with Crippen LogP contribution >= 0.6 is 0 Å². The number of nitrogens with zero attached hydrogens (tertiary/aromatic N) is 1. The number of aliphatic hydroxyl groups excluding tert-OH is 1. The van der Waals surface area contributed by atoms with Gasteiger partial charge >= 0.3 is 0 Å². The molecule has 0 aromatic heterocycles. The molecule has 1 amide bonds. The van der Waals surface area contributed by atoms with Gasteiger partial charge in [-0.05, 0) is 12.8 Å². The van der Waals surface area contributed by atoms with E-state index in [9.17, 15) is 4.79 Å². The van der Waals surface area contributed by atoms with Crippen molar-refractivity contribution < 1.29 is 9.90 Å². The molecule has 11 heavy (non-hydrogen) atoms. The zero-order valence-electron chi connectivity index (χ0n) is 6.44. The van der Waals surface area contributed by atoms with Crippen LogP contribution in [0.5, 0.6) is 0 Å². The minimum atomic E-state index is 0.0587. The number of hydrogen-bond donors (Lipinski definition) is 1. The highest BCUT2D eigenvalue weighted by Crippen LogP contribution is 2.15. The smallest absolute Gasteiger partial charge is 0.210 e. The lowest BCUT2D eigenvalue weighted by Gasteiger charge is -2.15. The van der Waals surface area contributed by atoms with E-state index in [1.807, 2.05) is 6.08 Å². The van der Waals surface area contributed by atoms with Gasteiger partial charge in [-0.25, -0.2) is 0 Å². The Labute approximate surface area is 66.3 Å². The van der Waals surface area contributed by atoms with Crippen LogP contribution < -0.4 is 0 Å². The summed E-state index contributed by atoms with van der Waals surface area (Å²) in [5.74, 6) is 0. The van der Waals surface area contributed by atoms with Crippen LogP contribution in [0.1, 0.15) is 12.8 Å². The summed E-state index contributed by atoms with van der Waals surface area (Å²) in [7, 11) is 0. The topological polar surface area (TPSA) is 40.5 Å². The Morgan fingerprint density at radius 3 is 3.09 bits per heavy atom. The predicted molar refractivity (Wildman–Crippen MR) is 42.0 cm³/mol.